The average molecular weight is 347 g/mol. The zero-order chi connectivity index (χ0) is 17.1. The van der Waals surface area contributed by atoms with Crippen molar-refractivity contribution in [3.05, 3.63) is 49.7 Å². The average Bonchev–Trinajstić information content (AvgIpc) is 2.58. The van der Waals surface area contributed by atoms with Gasteiger partial charge in [0.1, 0.15) is 0 Å². The summed E-state index contributed by atoms with van der Waals surface area (Å²) in [7, 11) is 0. The smallest absolute Gasteiger partial charge is 0.250 e. The molecule has 0 radical (unpaired) electrons. The van der Waals surface area contributed by atoms with Gasteiger partial charge in [-0.3, -0.25) is 9.59 Å². The first-order valence-electron chi connectivity index (χ1n) is 8.61. The van der Waals surface area contributed by atoms with E-state index in [4.69, 9.17) is 11.6 Å². The normalized spacial score (nSPS) is 18.8. The maximum Gasteiger partial charge on any atom is 0.250 e. The monoisotopic (exact) mass is 346 g/mol. The summed E-state index contributed by atoms with van der Waals surface area (Å²) in [4.78, 5) is 26.2. The van der Waals surface area contributed by atoms with E-state index in [0.717, 1.165) is 31.0 Å². The Morgan fingerprint density at radius 3 is 2.67 bits per heavy atom. The highest BCUT2D eigenvalue weighted by atomic mass is 35.5. The summed E-state index contributed by atoms with van der Waals surface area (Å²) in [6.45, 7) is 6.36. The number of anilines is 1. The Labute approximate surface area is 147 Å². The third-order valence-electron chi connectivity index (χ3n) is 4.74. The van der Waals surface area contributed by atoms with E-state index in [2.05, 4.69) is 17.1 Å². The number of hydrogen-bond acceptors (Lipinski definition) is 4. The maximum absolute atomic E-state index is 11.9. The lowest BCUT2D eigenvalue weighted by Gasteiger charge is -2.30. The van der Waals surface area contributed by atoms with Crippen molar-refractivity contribution >= 4 is 17.3 Å². The van der Waals surface area contributed by atoms with Crippen molar-refractivity contribution in [3.8, 4) is 11.1 Å². The molecule has 1 aliphatic rings. The molecule has 0 bridgehead atoms. The quantitative estimate of drug-likeness (QED) is 0.645. The fraction of sp³-hybridized carbons (Fsp3) is 0.474. The van der Waals surface area contributed by atoms with Gasteiger partial charge in [0, 0.05) is 18.1 Å². The molecule has 0 saturated carbocycles. The van der Waals surface area contributed by atoms with Crippen LogP contribution in [0.2, 0.25) is 5.02 Å². The zero-order valence-corrected chi connectivity index (χ0v) is 14.7. The van der Waals surface area contributed by atoms with Crippen molar-refractivity contribution in [2.45, 2.75) is 26.2 Å². The summed E-state index contributed by atoms with van der Waals surface area (Å²) in [6.07, 6.45) is 3.56. The number of halogens is 1. The maximum atomic E-state index is 11.9. The number of nitrogens with one attached hydrogen (secondary N) is 1. The first kappa shape index (κ1) is 17.2. The Morgan fingerprint density at radius 1 is 1.21 bits per heavy atom. The number of benzene rings is 1. The molecule has 4 nitrogen and oxygen atoms in total. The number of hydrogen-bond donors (Lipinski definition) is 1. The van der Waals surface area contributed by atoms with Crippen LogP contribution in [-0.4, -0.2) is 31.1 Å². The minimum absolute atomic E-state index is 0.411. The minimum atomic E-state index is -0.412. The van der Waals surface area contributed by atoms with E-state index in [1.165, 1.54) is 19.4 Å². The van der Waals surface area contributed by atoms with Crippen molar-refractivity contribution in [2.24, 2.45) is 5.92 Å². The fourth-order valence-electron chi connectivity index (χ4n) is 3.46. The van der Waals surface area contributed by atoms with E-state index in [1.807, 2.05) is 0 Å². The molecule has 0 aliphatic carbocycles. The predicted molar refractivity (Wildman–Crippen MR) is 99.7 cm³/mol. The standard InChI is InChI=1S/C19H23ClN2O2/c1-13-4-2-10-22(12-13)11-3-9-21-17-16(18(23)19(17)24)14-5-7-15(20)8-6-14/h5-8,13,21H,2-4,9-12H2,1H3/t13-/m1/s1. The van der Waals surface area contributed by atoms with Gasteiger partial charge in [-0.25, -0.2) is 0 Å². The second-order valence-electron chi connectivity index (χ2n) is 6.74. The van der Waals surface area contributed by atoms with Crippen LogP contribution in [0.1, 0.15) is 26.2 Å². The van der Waals surface area contributed by atoms with Crippen LogP contribution in [0.25, 0.3) is 11.1 Å². The van der Waals surface area contributed by atoms with E-state index in [1.54, 1.807) is 24.3 Å². The zero-order valence-electron chi connectivity index (χ0n) is 14.0. The van der Waals surface area contributed by atoms with Gasteiger partial charge in [0.15, 0.2) is 0 Å². The van der Waals surface area contributed by atoms with E-state index >= 15 is 0 Å². The second kappa shape index (κ2) is 7.49. The van der Waals surface area contributed by atoms with Crippen LogP contribution < -0.4 is 16.2 Å². The summed E-state index contributed by atoms with van der Waals surface area (Å²) in [6, 6.07) is 7.02. The fourth-order valence-corrected chi connectivity index (χ4v) is 3.58. The molecule has 0 aromatic heterocycles. The molecule has 2 aromatic carbocycles. The van der Waals surface area contributed by atoms with Crippen LogP contribution in [0.15, 0.2) is 33.9 Å². The van der Waals surface area contributed by atoms with Crippen LogP contribution in [0, 0.1) is 5.92 Å². The lowest BCUT2D eigenvalue weighted by Crippen LogP contribution is -2.38. The van der Waals surface area contributed by atoms with Crippen LogP contribution in [0.5, 0.6) is 0 Å². The summed E-state index contributed by atoms with van der Waals surface area (Å²) >= 11 is 5.88. The molecule has 0 amide bonds. The first-order chi connectivity index (χ1) is 11.6. The molecule has 0 spiro atoms. The third-order valence-corrected chi connectivity index (χ3v) is 4.99. The summed E-state index contributed by atoms with van der Waals surface area (Å²) < 4.78 is 0. The van der Waals surface area contributed by atoms with Crippen molar-refractivity contribution in [2.75, 3.05) is 31.5 Å². The number of rotatable bonds is 6. The predicted octanol–water partition coefficient (Wildman–Crippen LogP) is 3.14. The Hall–Kier alpha value is -1.65. The van der Waals surface area contributed by atoms with E-state index in [0.29, 0.717) is 22.8 Å². The van der Waals surface area contributed by atoms with Gasteiger partial charge in [0.25, 0.3) is 0 Å². The Morgan fingerprint density at radius 2 is 1.96 bits per heavy atom. The highest BCUT2D eigenvalue weighted by Crippen LogP contribution is 2.25. The van der Waals surface area contributed by atoms with Crippen LogP contribution in [-0.2, 0) is 0 Å². The van der Waals surface area contributed by atoms with Gasteiger partial charge < -0.3 is 10.2 Å². The Kier molecular flexibility index (Phi) is 5.36. The van der Waals surface area contributed by atoms with Gasteiger partial charge >= 0.3 is 0 Å². The van der Waals surface area contributed by atoms with Gasteiger partial charge in [0.2, 0.25) is 10.9 Å². The molecule has 1 fully saturated rings. The molecule has 1 saturated heterocycles. The summed E-state index contributed by atoms with van der Waals surface area (Å²) in [5, 5.41) is 3.78. The van der Waals surface area contributed by atoms with Gasteiger partial charge in [0.05, 0.1) is 11.3 Å². The summed E-state index contributed by atoms with van der Waals surface area (Å²) in [5.74, 6) is 0.775. The molecule has 3 rings (SSSR count). The number of likely N-dealkylation sites (tertiary alicyclic amines) is 1. The third kappa shape index (κ3) is 3.70. The molecule has 24 heavy (non-hydrogen) atoms. The molecule has 1 heterocycles. The summed E-state index contributed by atoms with van der Waals surface area (Å²) in [5.41, 5.74) is 0.866. The number of nitrogens with zero attached hydrogens (tertiary/aromatic N) is 1. The SMILES string of the molecule is C[C@@H]1CCCN(CCCNc2c(-c3ccc(Cl)cc3)c(=O)c2=O)C1. The van der Waals surface area contributed by atoms with Crippen molar-refractivity contribution < 1.29 is 0 Å². The second-order valence-corrected chi connectivity index (χ2v) is 7.18. The lowest BCUT2D eigenvalue weighted by molar-refractivity contribution is 0.183. The molecule has 1 N–H and O–H groups in total. The van der Waals surface area contributed by atoms with Crippen molar-refractivity contribution in [1.82, 2.24) is 4.90 Å². The number of piperidine rings is 1. The minimum Gasteiger partial charge on any atom is -0.381 e. The van der Waals surface area contributed by atoms with Gasteiger partial charge in [-0.2, -0.15) is 0 Å². The van der Waals surface area contributed by atoms with E-state index < -0.39 is 10.9 Å². The largest absolute Gasteiger partial charge is 0.381 e. The highest BCUT2D eigenvalue weighted by Gasteiger charge is 2.22. The molecule has 2 aromatic rings. The van der Waals surface area contributed by atoms with Gasteiger partial charge in [-0.05, 0) is 56.0 Å². The van der Waals surface area contributed by atoms with Gasteiger partial charge in [-0.1, -0.05) is 30.7 Å². The molecule has 1 aliphatic heterocycles. The molecular formula is C19H23ClN2O2. The van der Waals surface area contributed by atoms with Crippen LogP contribution in [0.3, 0.4) is 0 Å². The van der Waals surface area contributed by atoms with Crippen LogP contribution in [0.4, 0.5) is 5.69 Å². The molecule has 128 valence electrons. The van der Waals surface area contributed by atoms with E-state index in [-0.39, 0.29) is 0 Å². The van der Waals surface area contributed by atoms with Crippen LogP contribution >= 0.6 is 11.6 Å². The highest BCUT2D eigenvalue weighted by molar-refractivity contribution is 6.30. The van der Waals surface area contributed by atoms with Crippen molar-refractivity contribution in [1.29, 1.82) is 0 Å². The van der Waals surface area contributed by atoms with E-state index in [9.17, 15) is 9.59 Å². The lowest BCUT2D eigenvalue weighted by atomic mass is 9.98. The molecule has 5 heteroatoms. The Bertz CT molecular complexity index is 763. The molecule has 0 unspecified atom stereocenters. The van der Waals surface area contributed by atoms with Crippen molar-refractivity contribution in [3.63, 3.8) is 0 Å². The Balaban J connectivity index is 1.56. The molecular weight excluding hydrogens is 324 g/mol. The first-order valence-corrected chi connectivity index (χ1v) is 8.99. The van der Waals surface area contributed by atoms with Gasteiger partial charge in [-0.15, -0.1) is 0 Å². The topological polar surface area (TPSA) is 49.4 Å². The molecule has 1 atom stereocenters.